The molecule has 0 saturated heterocycles. The van der Waals surface area contributed by atoms with Gasteiger partial charge >= 0.3 is 6.18 Å². The molecule has 188 valence electrons. The molecule has 0 saturated carbocycles. The van der Waals surface area contributed by atoms with Gasteiger partial charge in [0, 0.05) is 23.3 Å². The van der Waals surface area contributed by atoms with Crippen LogP contribution < -0.4 is 10.1 Å². The first-order chi connectivity index (χ1) is 16.9. The van der Waals surface area contributed by atoms with E-state index in [9.17, 15) is 28.0 Å². The van der Waals surface area contributed by atoms with E-state index in [1.54, 1.807) is 32.0 Å². The second kappa shape index (κ2) is 10.4. The van der Waals surface area contributed by atoms with Gasteiger partial charge in [0.25, 0.3) is 11.8 Å². The number of nitrogens with zero attached hydrogens (tertiary/aromatic N) is 2. The summed E-state index contributed by atoms with van der Waals surface area (Å²) < 4.78 is 45.0. The molecule has 0 atom stereocenters. The second-order valence-electron chi connectivity index (χ2n) is 8.27. The highest BCUT2D eigenvalue weighted by Crippen LogP contribution is 2.37. The van der Waals surface area contributed by atoms with E-state index < -0.39 is 23.6 Å². The van der Waals surface area contributed by atoms with Gasteiger partial charge in [-0.3, -0.25) is 9.59 Å². The fraction of sp³-hybridized carbons (Fsp3) is 0.269. The maximum absolute atomic E-state index is 13.4. The van der Waals surface area contributed by atoms with Gasteiger partial charge in [0.2, 0.25) is 0 Å². The van der Waals surface area contributed by atoms with Crippen molar-refractivity contribution in [2.45, 2.75) is 33.5 Å². The number of hydrogen-bond donors (Lipinski definition) is 1. The van der Waals surface area contributed by atoms with E-state index in [0.29, 0.717) is 15.4 Å². The molecule has 36 heavy (non-hydrogen) atoms. The van der Waals surface area contributed by atoms with Crippen LogP contribution >= 0.6 is 11.3 Å². The van der Waals surface area contributed by atoms with E-state index in [0.717, 1.165) is 18.7 Å². The number of nitriles is 1. The van der Waals surface area contributed by atoms with Crippen molar-refractivity contribution < 1.29 is 27.5 Å². The number of alkyl halides is 3. The van der Waals surface area contributed by atoms with Gasteiger partial charge in [0.1, 0.15) is 11.8 Å². The molecular formula is C26H24F3N3O3S. The average molecular weight is 516 g/mol. The highest BCUT2D eigenvalue weighted by molar-refractivity contribution is 7.12. The number of hydrogen-bond acceptors (Lipinski definition) is 5. The van der Waals surface area contributed by atoms with Gasteiger partial charge in [-0.2, -0.15) is 18.4 Å². The quantitative estimate of drug-likeness (QED) is 0.430. The van der Waals surface area contributed by atoms with Gasteiger partial charge < -0.3 is 15.0 Å². The van der Waals surface area contributed by atoms with Crippen LogP contribution in [0.3, 0.4) is 0 Å². The van der Waals surface area contributed by atoms with Gasteiger partial charge in [-0.15, -0.1) is 11.3 Å². The lowest BCUT2D eigenvalue weighted by atomic mass is 10.0. The molecule has 0 aliphatic carbocycles. The molecule has 0 radical (unpaired) electrons. The molecule has 10 heteroatoms. The average Bonchev–Trinajstić information content (AvgIpc) is 3.12. The minimum absolute atomic E-state index is 0.113. The zero-order valence-corrected chi connectivity index (χ0v) is 21.1. The molecule has 0 aliphatic rings. The van der Waals surface area contributed by atoms with Crippen molar-refractivity contribution >= 4 is 28.8 Å². The standard InChI is InChI=1S/C26H24F3N3O3S/c1-14-6-8-20(18(10-14)12-30)31-24(33)22-15(2)36-16(3)23(22)25(34)32(4)13-17-7-9-21(35-5)19(11-17)26(27,28)29/h6-11H,13H2,1-5H3,(H,31,33). The predicted molar refractivity (Wildman–Crippen MR) is 131 cm³/mol. The highest BCUT2D eigenvalue weighted by Gasteiger charge is 2.35. The molecule has 0 fully saturated rings. The number of ether oxygens (including phenoxy) is 1. The molecule has 2 amide bonds. The maximum Gasteiger partial charge on any atom is 0.419 e. The SMILES string of the molecule is COc1ccc(CN(C)C(=O)c2c(C)sc(C)c2C(=O)Nc2ccc(C)cc2C#N)cc1C(F)(F)F. The van der Waals surface area contributed by atoms with Crippen LogP contribution in [0.5, 0.6) is 5.75 Å². The molecule has 0 spiro atoms. The Balaban J connectivity index is 1.91. The smallest absolute Gasteiger partial charge is 0.419 e. The Hall–Kier alpha value is -3.84. The van der Waals surface area contributed by atoms with E-state index in [2.05, 4.69) is 5.32 Å². The molecule has 1 heterocycles. The first kappa shape index (κ1) is 26.8. The Morgan fingerprint density at radius 1 is 1.08 bits per heavy atom. The van der Waals surface area contributed by atoms with Crippen molar-refractivity contribution in [2.75, 3.05) is 19.5 Å². The number of nitrogens with one attached hydrogen (secondary N) is 1. The first-order valence-electron chi connectivity index (χ1n) is 10.8. The molecule has 0 bridgehead atoms. The molecule has 3 rings (SSSR count). The zero-order chi connectivity index (χ0) is 26.8. The summed E-state index contributed by atoms with van der Waals surface area (Å²) in [6.45, 7) is 5.13. The summed E-state index contributed by atoms with van der Waals surface area (Å²) in [7, 11) is 2.62. The molecule has 0 aliphatic heterocycles. The largest absolute Gasteiger partial charge is 0.496 e. The molecule has 1 aromatic heterocycles. The number of halogens is 3. The number of carbonyl (C=O) groups excluding carboxylic acids is 2. The van der Waals surface area contributed by atoms with Crippen LogP contribution in [0.1, 0.15) is 52.7 Å². The van der Waals surface area contributed by atoms with E-state index >= 15 is 0 Å². The summed E-state index contributed by atoms with van der Waals surface area (Å²) in [6, 6.07) is 10.7. The van der Waals surface area contributed by atoms with E-state index in [-0.39, 0.29) is 34.5 Å². The van der Waals surface area contributed by atoms with E-state index in [1.165, 1.54) is 35.4 Å². The van der Waals surface area contributed by atoms with Gasteiger partial charge in [-0.05, 0) is 56.2 Å². The number of carbonyl (C=O) groups is 2. The highest BCUT2D eigenvalue weighted by atomic mass is 32.1. The van der Waals surface area contributed by atoms with Gasteiger partial charge in [-0.1, -0.05) is 12.1 Å². The van der Waals surface area contributed by atoms with Crippen LogP contribution in [0.4, 0.5) is 18.9 Å². The monoisotopic (exact) mass is 515 g/mol. The normalized spacial score (nSPS) is 11.1. The number of thiophene rings is 1. The van der Waals surface area contributed by atoms with Crippen LogP contribution in [0.15, 0.2) is 36.4 Å². The van der Waals surface area contributed by atoms with Crippen LogP contribution in [-0.4, -0.2) is 30.9 Å². The molecular weight excluding hydrogens is 491 g/mol. The van der Waals surface area contributed by atoms with Crippen molar-refractivity contribution in [3.63, 3.8) is 0 Å². The second-order valence-corrected chi connectivity index (χ2v) is 9.70. The fourth-order valence-electron chi connectivity index (χ4n) is 3.87. The zero-order valence-electron chi connectivity index (χ0n) is 20.3. The van der Waals surface area contributed by atoms with Gasteiger partial charge in [0.15, 0.2) is 0 Å². The number of benzene rings is 2. The minimum atomic E-state index is -4.62. The summed E-state index contributed by atoms with van der Waals surface area (Å²) >= 11 is 1.27. The van der Waals surface area contributed by atoms with Crippen molar-refractivity contribution in [3.8, 4) is 11.8 Å². The lowest BCUT2D eigenvalue weighted by Crippen LogP contribution is -2.29. The summed E-state index contributed by atoms with van der Waals surface area (Å²) in [5.74, 6) is -1.36. The van der Waals surface area contributed by atoms with Crippen molar-refractivity contribution in [3.05, 3.63) is 79.5 Å². The van der Waals surface area contributed by atoms with Crippen LogP contribution in [0.25, 0.3) is 0 Å². The van der Waals surface area contributed by atoms with Gasteiger partial charge in [-0.25, -0.2) is 0 Å². The Kier molecular flexibility index (Phi) is 7.74. The summed E-state index contributed by atoms with van der Waals surface area (Å²) in [5.41, 5.74) is 1.14. The third-order valence-corrected chi connectivity index (χ3v) is 6.60. The molecule has 0 unspecified atom stereocenters. The lowest BCUT2D eigenvalue weighted by molar-refractivity contribution is -0.138. The van der Waals surface area contributed by atoms with Crippen LogP contribution in [-0.2, 0) is 12.7 Å². The molecule has 6 nitrogen and oxygen atoms in total. The number of rotatable bonds is 6. The third-order valence-electron chi connectivity index (χ3n) is 5.58. The van der Waals surface area contributed by atoms with Crippen LogP contribution in [0.2, 0.25) is 0 Å². The van der Waals surface area contributed by atoms with E-state index in [4.69, 9.17) is 4.74 Å². The lowest BCUT2D eigenvalue weighted by Gasteiger charge is -2.20. The first-order valence-corrected chi connectivity index (χ1v) is 11.6. The van der Waals surface area contributed by atoms with E-state index in [1.807, 2.05) is 13.0 Å². The number of aryl methyl sites for hydroxylation is 3. The number of methoxy groups -OCH3 is 1. The van der Waals surface area contributed by atoms with Crippen LogP contribution in [0, 0.1) is 32.1 Å². The van der Waals surface area contributed by atoms with Crippen molar-refractivity contribution in [2.24, 2.45) is 0 Å². The Morgan fingerprint density at radius 3 is 2.36 bits per heavy atom. The molecule has 1 N–H and O–H groups in total. The summed E-state index contributed by atoms with van der Waals surface area (Å²) in [6.07, 6.45) is -4.62. The molecule has 3 aromatic rings. The topological polar surface area (TPSA) is 82.4 Å². The Morgan fingerprint density at radius 2 is 1.75 bits per heavy atom. The van der Waals surface area contributed by atoms with Crippen molar-refractivity contribution in [1.82, 2.24) is 4.90 Å². The maximum atomic E-state index is 13.4. The predicted octanol–water partition coefficient (Wildman–Crippen LogP) is 6.10. The third kappa shape index (κ3) is 5.52. The number of anilines is 1. The fourth-order valence-corrected chi connectivity index (χ4v) is 4.92. The van der Waals surface area contributed by atoms with Gasteiger partial charge in [0.05, 0.1) is 35.1 Å². The summed E-state index contributed by atoms with van der Waals surface area (Å²) in [4.78, 5) is 29.1. The molecule has 2 aromatic carbocycles. The Labute approximate surface area is 210 Å². The number of amides is 2. The Bertz CT molecular complexity index is 1370. The van der Waals surface area contributed by atoms with Crippen molar-refractivity contribution in [1.29, 1.82) is 5.26 Å². The minimum Gasteiger partial charge on any atom is -0.496 e. The summed E-state index contributed by atoms with van der Waals surface area (Å²) in [5, 5.41) is 12.1.